The molecule has 0 saturated heterocycles. The van der Waals surface area contributed by atoms with E-state index in [9.17, 15) is 4.39 Å². The molecule has 1 aromatic heterocycles. The molecule has 1 N–H and O–H groups in total. The lowest BCUT2D eigenvalue weighted by molar-refractivity contribution is 0.619. The Labute approximate surface area is 99.7 Å². The van der Waals surface area contributed by atoms with Crippen molar-refractivity contribution in [2.24, 2.45) is 0 Å². The van der Waals surface area contributed by atoms with Crippen LogP contribution in [0.1, 0.15) is 22.9 Å². The summed E-state index contributed by atoms with van der Waals surface area (Å²) < 4.78 is 13.1. The summed E-state index contributed by atoms with van der Waals surface area (Å²) in [7, 11) is 1.86. The first kappa shape index (κ1) is 11.7. The minimum atomic E-state index is -0.219. The van der Waals surface area contributed by atoms with E-state index in [0.717, 1.165) is 16.8 Å². The number of hydrogen-bond acceptors (Lipinski definition) is 3. The molecule has 0 radical (unpaired) electrons. The van der Waals surface area contributed by atoms with Gasteiger partial charge in [-0.25, -0.2) is 14.4 Å². The molecule has 0 saturated carbocycles. The van der Waals surface area contributed by atoms with E-state index in [4.69, 9.17) is 0 Å². The van der Waals surface area contributed by atoms with Gasteiger partial charge in [0.05, 0.1) is 11.7 Å². The number of aromatic nitrogens is 2. The van der Waals surface area contributed by atoms with E-state index < -0.39 is 0 Å². The molecule has 1 atom stereocenters. The van der Waals surface area contributed by atoms with Crippen LogP contribution in [0.15, 0.2) is 36.8 Å². The van der Waals surface area contributed by atoms with Gasteiger partial charge in [0.2, 0.25) is 0 Å². The van der Waals surface area contributed by atoms with Crippen LogP contribution in [0.25, 0.3) is 0 Å². The summed E-state index contributed by atoms with van der Waals surface area (Å²) in [5.74, 6) is -0.219. The molecule has 88 valence electrons. The number of halogens is 1. The van der Waals surface area contributed by atoms with Crippen LogP contribution in [0.3, 0.4) is 0 Å². The molecule has 3 nitrogen and oxygen atoms in total. The first-order valence-electron chi connectivity index (χ1n) is 5.41. The Morgan fingerprint density at radius 2 is 2.12 bits per heavy atom. The van der Waals surface area contributed by atoms with Gasteiger partial charge in [0.15, 0.2) is 0 Å². The average Bonchev–Trinajstić information content (AvgIpc) is 2.34. The van der Waals surface area contributed by atoms with Crippen LogP contribution >= 0.6 is 0 Å². The predicted molar refractivity (Wildman–Crippen MR) is 64.1 cm³/mol. The summed E-state index contributed by atoms with van der Waals surface area (Å²) in [4.78, 5) is 8.12. The van der Waals surface area contributed by atoms with E-state index in [2.05, 4.69) is 15.3 Å². The van der Waals surface area contributed by atoms with Crippen LogP contribution in [0.4, 0.5) is 4.39 Å². The van der Waals surface area contributed by atoms with Gasteiger partial charge < -0.3 is 5.32 Å². The highest BCUT2D eigenvalue weighted by molar-refractivity contribution is 5.34. The Hall–Kier alpha value is -1.81. The van der Waals surface area contributed by atoms with Crippen LogP contribution < -0.4 is 5.32 Å². The minimum absolute atomic E-state index is 0.0430. The van der Waals surface area contributed by atoms with E-state index in [-0.39, 0.29) is 11.9 Å². The zero-order chi connectivity index (χ0) is 12.3. The summed E-state index contributed by atoms with van der Waals surface area (Å²) in [5, 5.41) is 3.18. The van der Waals surface area contributed by atoms with E-state index in [0.29, 0.717) is 0 Å². The molecule has 1 aromatic carbocycles. The Bertz CT molecular complexity index is 499. The fourth-order valence-corrected chi connectivity index (χ4v) is 1.90. The molecule has 4 heteroatoms. The zero-order valence-corrected chi connectivity index (χ0v) is 9.81. The van der Waals surface area contributed by atoms with Gasteiger partial charge in [0.25, 0.3) is 0 Å². The number of nitrogens with one attached hydrogen (secondary N) is 1. The van der Waals surface area contributed by atoms with E-state index in [1.165, 1.54) is 18.5 Å². The molecule has 0 amide bonds. The number of hydrogen-bond donors (Lipinski definition) is 1. The Balaban J connectivity index is 2.42. The Kier molecular flexibility index (Phi) is 3.44. The van der Waals surface area contributed by atoms with Gasteiger partial charge in [0.1, 0.15) is 12.1 Å². The number of nitrogens with zero attached hydrogens (tertiary/aromatic N) is 2. The van der Waals surface area contributed by atoms with Gasteiger partial charge in [-0.2, -0.15) is 0 Å². The lowest BCUT2D eigenvalue weighted by atomic mass is 9.98. The second-order valence-corrected chi connectivity index (χ2v) is 3.86. The SMILES string of the molecule is CNC(c1ccncn1)c1ccc(F)cc1C. The van der Waals surface area contributed by atoms with Crippen molar-refractivity contribution in [3.05, 3.63) is 59.4 Å². The monoisotopic (exact) mass is 231 g/mol. The first-order valence-corrected chi connectivity index (χ1v) is 5.41. The maximum Gasteiger partial charge on any atom is 0.123 e. The normalized spacial score (nSPS) is 12.4. The molecule has 2 aromatic rings. The highest BCUT2D eigenvalue weighted by atomic mass is 19.1. The maximum absolute atomic E-state index is 13.1. The fourth-order valence-electron chi connectivity index (χ4n) is 1.90. The molecule has 0 aliphatic carbocycles. The van der Waals surface area contributed by atoms with Gasteiger partial charge in [-0.05, 0) is 43.3 Å². The smallest absolute Gasteiger partial charge is 0.123 e. The van der Waals surface area contributed by atoms with Gasteiger partial charge >= 0.3 is 0 Å². The molecule has 0 fully saturated rings. The molecule has 1 heterocycles. The van der Waals surface area contributed by atoms with E-state index >= 15 is 0 Å². The Morgan fingerprint density at radius 3 is 2.71 bits per heavy atom. The van der Waals surface area contributed by atoms with Crippen molar-refractivity contribution in [2.75, 3.05) is 7.05 Å². The third-order valence-corrected chi connectivity index (χ3v) is 2.73. The lowest BCUT2D eigenvalue weighted by Crippen LogP contribution is -2.20. The molecular formula is C13H14FN3. The van der Waals surface area contributed by atoms with Gasteiger partial charge in [0, 0.05) is 6.20 Å². The first-order chi connectivity index (χ1) is 8.22. The molecule has 17 heavy (non-hydrogen) atoms. The number of aryl methyl sites for hydroxylation is 1. The van der Waals surface area contributed by atoms with Crippen LogP contribution in [0.2, 0.25) is 0 Å². The largest absolute Gasteiger partial charge is 0.308 e. The van der Waals surface area contributed by atoms with Crippen molar-refractivity contribution in [3.8, 4) is 0 Å². The molecule has 0 bridgehead atoms. The van der Waals surface area contributed by atoms with Crippen molar-refractivity contribution >= 4 is 0 Å². The molecular weight excluding hydrogens is 217 g/mol. The molecule has 0 aliphatic rings. The van der Waals surface area contributed by atoms with Crippen molar-refractivity contribution in [3.63, 3.8) is 0 Å². The van der Waals surface area contributed by atoms with Gasteiger partial charge in [-0.15, -0.1) is 0 Å². The zero-order valence-electron chi connectivity index (χ0n) is 9.81. The Morgan fingerprint density at radius 1 is 1.29 bits per heavy atom. The van der Waals surface area contributed by atoms with Gasteiger partial charge in [-0.1, -0.05) is 6.07 Å². The second kappa shape index (κ2) is 5.01. The molecule has 0 spiro atoms. The predicted octanol–water partition coefficient (Wildman–Crippen LogP) is 2.23. The minimum Gasteiger partial charge on any atom is -0.308 e. The van der Waals surface area contributed by atoms with Crippen LogP contribution in [0, 0.1) is 12.7 Å². The third-order valence-electron chi connectivity index (χ3n) is 2.73. The summed E-state index contributed by atoms with van der Waals surface area (Å²) >= 11 is 0. The number of benzene rings is 1. The average molecular weight is 231 g/mol. The summed E-state index contributed by atoms with van der Waals surface area (Å²) in [6.45, 7) is 1.89. The van der Waals surface area contributed by atoms with Crippen LogP contribution in [-0.4, -0.2) is 17.0 Å². The summed E-state index contributed by atoms with van der Waals surface area (Å²) in [6, 6.07) is 6.59. The van der Waals surface area contributed by atoms with Crippen molar-refractivity contribution < 1.29 is 4.39 Å². The topological polar surface area (TPSA) is 37.8 Å². The van der Waals surface area contributed by atoms with Crippen LogP contribution in [-0.2, 0) is 0 Å². The van der Waals surface area contributed by atoms with E-state index in [1.807, 2.05) is 20.0 Å². The third kappa shape index (κ3) is 2.47. The van der Waals surface area contributed by atoms with E-state index in [1.54, 1.807) is 12.3 Å². The van der Waals surface area contributed by atoms with Crippen LogP contribution in [0.5, 0.6) is 0 Å². The molecule has 0 aliphatic heterocycles. The number of rotatable bonds is 3. The highest BCUT2D eigenvalue weighted by Crippen LogP contribution is 2.23. The van der Waals surface area contributed by atoms with Crippen molar-refractivity contribution in [1.82, 2.24) is 15.3 Å². The quantitative estimate of drug-likeness (QED) is 0.880. The van der Waals surface area contributed by atoms with Crippen molar-refractivity contribution in [2.45, 2.75) is 13.0 Å². The van der Waals surface area contributed by atoms with Gasteiger partial charge in [-0.3, -0.25) is 0 Å². The second-order valence-electron chi connectivity index (χ2n) is 3.86. The molecule has 2 rings (SSSR count). The standard InChI is InChI=1S/C13H14FN3/c1-9-7-10(14)3-4-11(9)13(15-2)12-5-6-16-8-17-12/h3-8,13,15H,1-2H3. The maximum atomic E-state index is 13.1. The summed E-state index contributed by atoms with van der Waals surface area (Å²) in [6.07, 6.45) is 3.21. The summed E-state index contributed by atoms with van der Waals surface area (Å²) in [5.41, 5.74) is 2.80. The fraction of sp³-hybridized carbons (Fsp3) is 0.231. The lowest BCUT2D eigenvalue weighted by Gasteiger charge is -2.18. The van der Waals surface area contributed by atoms with Crippen molar-refractivity contribution in [1.29, 1.82) is 0 Å². The highest BCUT2D eigenvalue weighted by Gasteiger charge is 2.15. The molecule has 1 unspecified atom stereocenters.